The van der Waals surface area contributed by atoms with E-state index in [2.05, 4.69) is 58.2 Å². The first-order chi connectivity index (χ1) is 35.7. The van der Waals surface area contributed by atoms with E-state index in [0.717, 1.165) is 17.0 Å². The molecule has 9 amide bonds. The molecule has 0 aliphatic carbocycles. The monoisotopic (exact) mass is 1050 g/mol. The normalized spacial score (nSPS) is 21.1. The summed E-state index contributed by atoms with van der Waals surface area (Å²) in [5, 5.41) is 41.8. The number of H-pyrrole nitrogens is 1. The van der Waals surface area contributed by atoms with Gasteiger partial charge in [0.05, 0.1) is 0 Å². The molecule has 408 valence electrons. The van der Waals surface area contributed by atoms with Gasteiger partial charge in [0.25, 0.3) is 0 Å². The van der Waals surface area contributed by atoms with Gasteiger partial charge in [-0.25, -0.2) is 4.39 Å². The lowest BCUT2D eigenvalue weighted by Crippen LogP contribution is -2.60. The van der Waals surface area contributed by atoms with Crippen LogP contribution >= 0.6 is 0 Å². The Morgan fingerprint density at radius 1 is 0.747 bits per heavy atom. The summed E-state index contributed by atoms with van der Waals surface area (Å²) in [6, 6.07) is 2.50. The van der Waals surface area contributed by atoms with Crippen LogP contribution in [-0.4, -0.2) is 139 Å². The van der Waals surface area contributed by atoms with Crippen molar-refractivity contribution >= 4 is 76.0 Å². The highest BCUT2D eigenvalue weighted by atomic mass is 19.1. The van der Waals surface area contributed by atoms with Crippen molar-refractivity contribution in [3.8, 4) is 0 Å². The highest BCUT2D eigenvalue weighted by molar-refractivity contribution is 5.98. The Hall–Kier alpha value is -8.36. The number of guanidine groups is 2. The lowest BCUT2D eigenvalue weighted by Gasteiger charge is -2.28. The fourth-order valence-electron chi connectivity index (χ4n) is 8.20. The molecule has 0 unspecified atom stereocenters. The maximum absolute atomic E-state index is 14.6. The predicted octanol–water partition coefficient (Wildman–Crippen LogP) is -3.44. The lowest BCUT2D eigenvalue weighted by atomic mass is 10.0. The molecule has 0 saturated carbocycles. The molecule has 1 aromatic heterocycles. The maximum atomic E-state index is 14.6. The van der Waals surface area contributed by atoms with Crippen LogP contribution in [0.1, 0.15) is 75.8 Å². The molecule has 1 aliphatic heterocycles. The smallest absolute Gasteiger partial charge is 0.243 e. The van der Waals surface area contributed by atoms with Gasteiger partial charge in [0.2, 0.25) is 53.2 Å². The molecule has 1 saturated heterocycles. The second kappa shape index (κ2) is 30.0. The van der Waals surface area contributed by atoms with Crippen molar-refractivity contribution in [1.29, 1.82) is 10.8 Å². The molecule has 2 heterocycles. The third-order valence-electron chi connectivity index (χ3n) is 12.0. The van der Waals surface area contributed by atoms with Crippen LogP contribution in [0, 0.1) is 16.6 Å². The van der Waals surface area contributed by atoms with Crippen molar-refractivity contribution in [3.63, 3.8) is 0 Å². The van der Waals surface area contributed by atoms with Gasteiger partial charge in [-0.3, -0.25) is 54.0 Å². The van der Waals surface area contributed by atoms with Crippen molar-refractivity contribution < 1.29 is 47.5 Å². The lowest BCUT2D eigenvalue weighted by molar-refractivity contribution is -0.136. The zero-order valence-corrected chi connectivity index (χ0v) is 41.7. The number of nitrogens with two attached hydrogens (primary N) is 4. The van der Waals surface area contributed by atoms with Gasteiger partial charge >= 0.3 is 0 Å². The second-order valence-corrected chi connectivity index (χ2v) is 18.0. The largest absolute Gasteiger partial charge is 0.370 e. The fourth-order valence-corrected chi connectivity index (χ4v) is 8.20. The average molecular weight is 1050 g/mol. The minimum atomic E-state index is -1.57. The van der Waals surface area contributed by atoms with E-state index < -0.39 is 101 Å². The van der Waals surface area contributed by atoms with Gasteiger partial charge in [-0.2, -0.15) is 0 Å². The SMILES string of the molecule is CC(=O)N[C@@H](CCCNC(=N)N)C(=O)N[C@H]1CCC(=O)NCCC[C@@H](C(N)=O)NC(=O)[C@H](Cc2c[nH]c3ccccc23)NC(=O)[C@H](CCCNC(=N)N)NC(=O)[C@@H](Cc2cccc(F)c2)NC(=O)[C@H](CCN)NC1=O. The molecule has 27 heteroatoms. The zero-order valence-electron chi connectivity index (χ0n) is 41.7. The first-order valence-corrected chi connectivity index (χ1v) is 24.5. The zero-order chi connectivity index (χ0) is 55.0. The second-order valence-electron chi connectivity index (χ2n) is 18.0. The number of halogens is 1. The first-order valence-electron chi connectivity index (χ1n) is 24.5. The third-order valence-corrected chi connectivity index (χ3v) is 12.0. The number of amides is 9. The Kier molecular flexibility index (Phi) is 23.7. The molecule has 1 aliphatic rings. The molecule has 75 heavy (non-hydrogen) atoms. The molecule has 2 aromatic carbocycles. The van der Waals surface area contributed by atoms with Gasteiger partial charge in [0, 0.05) is 62.9 Å². The fraction of sp³-hybridized carbons (Fsp3) is 0.479. The summed E-state index contributed by atoms with van der Waals surface area (Å²) in [4.78, 5) is 127. The van der Waals surface area contributed by atoms with Crippen LogP contribution in [0.25, 0.3) is 10.9 Å². The third kappa shape index (κ3) is 20.2. The molecule has 4 rings (SSSR count). The highest BCUT2D eigenvalue weighted by Crippen LogP contribution is 2.20. The van der Waals surface area contributed by atoms with Gasteiger partial charge in [-0.1, -0.05) is 30.3 Å². The molecule has 7 atom stereocenters. The van der Waals surface area contributed by atoms with Crippen molar-refractivity contribution in [3.05, 3.63) is 71.7 Å². The standard InChI is InChI=1S/C48H70FN17O9/c1-26(67)60-33(13-6-20-57-47(52)53)41(70)63-35-15-16-39(68)56-19-5-12-32(40(51)69)61-46(75)38(24-28-25-59-31-11-3-2-10-30(28)31)66-42(71)34(14-7-21-58-48(54)55)62-45(74)37(23-27-8-4-9-29(49)22-27)65-44(73)36(17-18-50)64-43(35)72/h2-4,8-11,22,25,32-38,59H,5-7,12-21,23-24,50H2,1H3,(H2,51,69)(H,56,68)(H,60,67)(H,61,75)(H,62,74)(H,63,70)(H,64,72)(H,65,73)(H,66,71)(H4,52,53,57)(H4,54,55,58)/t32-,33-,34-,35-,36-,37+,38-/m0/s1. The quantitative estimate of drug-likeness (QED) is 0.0335. The summed E-state index contributed by atoms with van der Waals surface area (Å²) in [5.41, 5.74) is 24.1. The summed E-state index contributed by atoms with van der Waals surface area (Å²) in [6.07, 6.45) is 0.588. The minimum absolute atomic E-state index is 0.0306. The topological polar surface area (TPSA) is 441 Å². The molecule has 1 fully saturated rings. The summed E-state index contributed by atoms with van der Waals surface area (Å²) >= 11 is 0. The Bertz CT molecular complexity index is 2530. The van der Waals surface area contributed by atoms with Gasteiger partial charge in [0.1, 0.15) is 48.1 Å². The van der Waals surface area contributed by atoms with Crippen LogP contribution in [0.2, 0.25) is 0 Å². The summed E-state index contributed by atoms with van der Waals surface area (Å²) < 4.78 is 14.6. The molecular formula is C48H70FN17O9. The molecule has 0 spiro atoms. The van der Waals surface area contributed by atoms with E-state index in [1.54, 1.807) is 24.4 Å². The Labute approximate surface area is 432 Å². The molecule has 0 bridgehead atoms. The number of benzene rings is 2. The van der Waals surface area contributed by atoms with Crippen LogP contribution in [0.4, 0.5) is 4.39 Å². The maximum Gasteiger partial charge on any atom is 0.243 e. The van der Waals surface area contributed by atoms with Crippen molar-refractivity contribution in [2.45, 2.75) is 120 Å². The molecule has 0 radical (unpaired) electrons. The van der Waals surface area contributed by atoms with Gasteiger partial charge in [0.15, 0.2) is 11.9 Å². The van der Waals surface area contributed by atoms with Crippen LogP contribution in [0.5, 0.6) is 0 Å². The number of primary amides is 1. The molecule has 3 aromatic rings. The van der Waals surface area contributed by atoms with E-state index in [9.17, 15) is 47.5 Å². The van der Waals surface area contributed by atoms with Crippen LogP contribution < -0.4 is 76.1 Å². The molecular weight excluding hydrogens is 978 g/mol. The number of hydrogen-bond acceptors (Lipinski definition) is 12. The Balaban J connectivity index is 1.76. The number of fused-ring (bicyclic) bond motifs is 1. The summed E-state index contributed by atoms with van der Waals surface area (Å²) in [5.74, 6) is -8.79. The van der Waals surface area contributed by atoms with Crippen molar-refractivity contribution in [2.75, 3.05) is 26.2 Å². The van der Waals surface area contributed by atoms with Crippen molar-refractivity contribution in [2.24, 2.45) is 22.9 Å². The highest BCUT2D eigenvalue weighted by Gasteiger charge is 2.35. The minimum Gasteiger partial charge on any atom is -0.370 e. The Morgan fingerprint density at radius 3 is 2.01 bits per heavy atom. The van der Waals surface area contributed by atoms with E-state index in [4.69, 9.17) is 33.8 Å². The van der Waals surface area contributed by atoms with Gasteiger partial charge < -0.3 is 81.1 Å². The number of para-hydroxylation sites is 1. The summed E-state index contributed by atoms with van der Waals surface area (Å²) in [7, 11) is 0. The van der Waals surface area contributed by atoms with Crippen LogP contribution in [0.15, 0.2) is 54.7 Å². The number of aromatic amines is 1. The van der Waals surface area contributed by atoms with E-state index in [1.807, 2.05) is 6.07 Å². The number of hydrogen-bond donors (Lipinski definition) is 17. The van der Waals surface area contributed by atoms with Gasteiger partial charge in [-0.15, -0.1) is 0 Å². The number of nitrogens with one attached hydrogen (secondary N) is 13. The van der Waals surface area contributed by atoms with E-state index >= 15 is 0 Å². The number of rotatable bonds is 18. The van der Waals surface area contributed by atoms with E-state index in [0.29, 0.717) is 5.56 Å². The van der Waals surface area contributed by atoms with Crippen LogP contribution in [0.3, 0.4) is 0 Å². The van der Waals surface area contributed by atoms with Gasteiger partial charge in [-0.05, 0) is 87.2 Å². The Morgan fingerprint density at radius 2 is 1.36 bits per heavy atom. The number of carbonyl (C=O) groups excluding carboxylic acids is 9. The molecule has 26 nitrogen and oxygen atoms in total. The van der Waals surface area contributed by atoms with E-state index in [1.165, 1.54) is 25.1 Å². The van der Waals surface area contributed by atoms with Crippen molar-refractivity contribution in [1.82, 2.24) is 58.2 Å². The van der Waals surface area contributed by atoms with E-state index in [-0.39, 0.29) is 114 Å². The average Bonchev–Trinajstić information content (AvgIpc) is 3.76. The number of aromatic nitrogens is 1. The predicted molar refractivity (Wildman–Crippen MR) is 274 cm³/mol. The van der Waals surface area contributed by atoms with Crippen LogP contribution in [-0.2, 0) is 56.0 Å². The molecule has 21 N–H and O–H groups in total. The first kappa shape index (κ1) is 59.2. The summed E-state index contributed by atoms with van der Waals surface area (Å²) in [6.45, 7) is 1.21. The number of carbonyl (C=O) groups is 9.